The van der Waals surface area contributed by atoms with Crippen molar-refractivity contribution >= 4 is 21.4 Å². The number of hydrogen-bond acceptors (Lipinski definition) is 5. The summed E-state index contributed by atoms with van der Waals surface area (Å²) in [6.45, 7) is 2.77. The molecule has 17 heavy (non-hydrogen) atoms. The largest absolute Gasteiger partial charge is 0.313 e. The van der Waals surface area contributed by atoms with Crippen molar-refractivity contribution in [3.8, 4) is 0 Å². The van der Waals surface area contributed by atoms with Crippen LogP contribution < -0.4 is 10.0 Å². The van der Waals surface area contributed by atoms with Crippen LogP contribution in [0.4, 0.5) is 0 Å². The number of rotatable bonds is 7. The summed E-state index contributed by atoms with van der Waals surface area (Å²) in [6.07, 6.45) is 4.10. The van der Waals surface area contributed by atoms with E-state index in [9.17, 15) is 8.42 Å². The van der Waals surface area contributed by atoms with E-state index in [1.165, 1.54) is 24.2 Å². The van der Waals surface area contributed by atoms with Gasteiger partial charge in [-0.3, -0.25) is 0 Å². The third kappa shape index (κ3) is 4.71. The van der Waals surface area contributed by atoms with Gasteiger partial charge in [0.05, 0.1) is 12.3 Å². The predicted molar refractivity (Wildman–Crippen MR) is 68.5 cm³/mol. The second-order valence-corrected chi connectivity index (χ2v) is 7.48. The van der Waals surface area contributed by atoms with Crippen LogP contribution in [0, 0.1) is 6.92 Å². The van der Waals surface area contributed by atoms with Crippen LogP contribution in [0.2, 0.25) is 0 Å². The van der Waals surface area contributed by atoms with E-state index in [1.54, 1.807) is 6.20 Å². The predicted octanol–water partition coefficient (Wildman–Crippen LogP) is 0.623. The summed E-state index contributed by atoms with van der Waals surface area (Å²) in [6, 6.07) is 0.548. The topological polar surface area (TPSA) is 71.1 Å². The molecule has 0 atom stereocenters. The molecule has 0 amide bonds. The van der Waals surface area contributed by atoms with Crippen LogP contribution in [-0.4, -0.2) is 31.7 Å². The first kappa shape index (κ1) is 12.9. The fourth-order valence-corrected chi connectivity index (χ4v) is 3.12. The van der Waals surface area contributed by atoms with Gasteiger partial charge in [0, 0.05) is 23.7 Å². The van der Waals surface area contributed by atoms with Gasteiger partial charge in [-0.05, 0) is 19.8 Å². The molecular formula is C10H17N3O2S2. The monoisotopic (exact) mass is 275 g/mol. The maximum absolute atomic E-state index is 11.6. The third-order valence-electron chi connectivity index (χ3n) is 2.49. The molecule has 2 rings (SSSR count). The van der Waals surface area contributed by atoms with Gasteiger partial charge in [0.25, 0.3) is 0 Å². The Morgan fingerprint density at radius 3 is 2.88 bits per heavy atom. The van der Waals surface area contributed by atoms with Gasteiger partial charge in [-0.2, -0.15) is 0 Å². The highest BCUT2D eigenvalue weighted by molar-refractivity contribution is 7.89. The Morgan fingerprint density at radius 2 is 2.29 bits per heavy atom. The van der Waals surface area contributed by atoms with E-state index in [-0.39, 0.29) is 5.75 Å². The highest BCUT2D eigenvalue weighted by atomic mass is 32.2. The van der Waals surface area contributed by atoms with Crippen molar-refractivity contribution in [2.24, 2.45) is 0 Å². The van der Waals surface area contributed by atoms with E-state index in [1.807, 2.05) is 6.92 Å². The first-order valence-electron chi connectivity index (χ1n) is 5.67. The summed E-state index contributed by atoms with van der Waals surface area (Å²) in [7, 11) is -3.18. The summed E-state index contributed by atoms with van der Waals surface area (Å²) < 4.78 is 25.8. The Labute approximate surface area is 106 Å². The molecule has 5 nitrogen and oxygen atoms in total. The van der Waals surface area contributed by atoms with Gasteiger partial charge in [0.1, 0.15) is 5.01 Å². The molecule has 0 radical (unpaired) electrons. The molecule has 96 valence electrons. The zero-order chi connectivity index (χ0) is 12.3. The van der Waals surface area contributed by atoms with Crippen LogP contribution in [0.25, 0.3) is 0 Å². The van der Waals surface area contributed by atoms with E-state index < -0.39 is 10.0 Å². The molecule has 0 aliphatic heterocycles. The molecule has 1 saturated carbocycles. The Balaban J connectivity index is 1.72. The van der Waals surface area contributed by atoms with E-state index >= 15 is 0 Å². The van der Waals surface area contributed by atoms with Crippen LogP contribution in [0.3, 0.4) is 0 Å². The Kier molecular flexibility index (Phi) is 4.13. The average Bonchev–Trinajstić information content (AvgIpc) is 2.98. The minimum absolute atomic E-state index is 0.133. The number of nitrogens with one attached hydrogen (secondary N) is 2. The summed E-state index contributed by atoms with van der Waals surface area (Å²) in [5, 5.41) is 3.99. The van der Waals surface area contributed by atoms with Gasteiger partial charge in [-0.15, -0.1) is 11.3 Å². The first-order valence-corrected chi connectivity index (χ1v) is 8.14. The molecule has 1 aromatic heterocycles. The van der Waals surface area contributed by atoms with Gasteiger partial charge in [0.15, 0.2) is 0 Å². The normalized spacial score (nSPS) is 16.3. The van der Waals surface area contributed by atoms with Crippen LogP contribution in [0.15, 0.2) is 6.20 Å². The van der Waals surface area contributed by atoms with Crippen molar-refractivity contribution in [3.05, 3.63) is 16.1 Å². The molecule has 1 fully saturated rings. The number of aryl methyl sites for hydroxylation is 1. The minimum Gasteiger partial charge on any atom is -0.313 e. The number of sulfonamides is 1. The lowest BCUT2D eigenvalue weighted by molar-refractivity contribution is 0.576. The van der Waals surface area contributed by atoms with Gasteiger partial charge >= 0.3 is 0 Å². The lowest BCUT2D eigenvalue weighted by Crippen LogP contribution is -2.32. The smallest absolute Gasteiger partial charge is 0.213 e. The molecule has 0 spiro atoms. The summed E-state index contributed by atoms with van der Waals surface area (Å²) in [4.78, 5) is 5.21. The van der Waals surface area contributed by atoms with Crippen molar-refractivity contribution in [1.82, 2.24) is 15.0 Å². The SMILES string of the molecule is Cc1cnc(CNS(=O)(=O)CCNC2CC2)s1. The van der Waals surface area contributed by atoms with Gasteiger partial charge in [-0.1, -0.05) is 0 Å². The lowest BCUT2D eigenvalue weighted by Gasteiger charge is -2.05. The van der Waals surface area contributed by atoms with Gasteiger partial charge in [0.2, 0.25) is 10.0 Å². The molecule has 1 aromatic rings. The van der Waals surface area contributed by atoms with Crippen LogP contribution >= 0.6 is 11.3 Å². The van der Waals surface area contributed by atoms with Gasteiger partial charge < -0.3 is 5.32 Å². The molecule has 0 bridgehead atoms. The standard InChI is InChI=1S/C10H17N3O2S2/c1-8-6-12-10(16-8)7-13-17(14,15)5-4-11-9-2-3-9/h6,9,11,13H,2-5,7H2,1H3. The first-order chi connectivity index (χ1) is 8.05. The fourth-order valence-electron chi connectivity index (χ4n) is 1.41. The molecule has 1 aliphatic carbocycles. The number of thiazole rings is 1. The minimum atomic E-state index is -3.18. The molecule has 1 heterocycles. The maximum Gasteiger partial charge on any atom is 0.213 e. The lowest BCUT2D eigenvalue weighted by atomic mass is 10.6. The molecule has 0 aromatic carbocycles. The van der Waals surface area contributed by atoms with E-state index in [0.717, 1.165) is 9.88 Å². The molecule has 2 N–H and O–H groups in total. The molecule has 0 saturated heterocycles. The van der Waals surface area contributed by atoms with Crippen molar-refractivity contribution in [2.75, 3.05) is 12.3 Å². The quantitative estimate of drug-likeness (QED) is 0.765. The number of nitrogens with zero attached hydrogens (tertiary/aromatic N) is 1. The molecule has 7 heteroatoms. The second-order valence-electron chi connectivity index (χ2n) is 4.23. The average molecular weight is 275 g/mol. The Bertz CT molecular complexity index is 466. The van der Waals surface area contributed by atoms with Crippen molar-refractivity contribution in [1.29, 1.82) is 0 Å². The molecule has 0 unspecified atom stereocenters. The zero-order valence-corrected chi connectivity index (χ0v) is 11.4. The van der Waals surface area contributed by atoms with E-state index in [0.29, 0.717) is 19.1 Å². The third-order valence-corrected chi connectivity index (χ3v) is 4.73. The second kappa shape index (κ2) is 5.43. The number of hydrogen-bond donors (Lipinski definition) is 2. The van der Waals surface area contributed by atoms with Crippen LogP contribution in [0.1, 0.15) is 22.7 Å². The van der Waals surface area contributed by atoms with E-state index in [4.69, 9.17) is 0 Å². The highest BCUT2D eigenvalue weighted by Gasteiger charge is 2.21. The molecule has 1 aliphatic rings. The van der Waals surface area contributed by atoms with Crippen molar-refractivity contribution in [3.63, 3.8) is 0 Å². The summed E-state index contributed by atoms with van der Waals surface area (Å²) in [5.41, 5.74) is 0. The van der Waals surface area contributed by atoms with Crippen molar-refractivity contribution < 1.29 is 8.42 Å². The molecular weight excluding hydrogens is 258 g/mol. The Hall–Kier alpha value is -0.500. The zero-order valence-electron chi connectivity index (χ0n) is 9.77. The van der Waals surface area contributed by atoms with Crippen molar-refractivity contribution in [2.45, 2.75) is 32.4 Å². The van der Waals surface area contributed by atoms with Gasteiger partial charge in [-0.25, -0.2) is 18.1 Å². The fraction of sp³-hybridized carbons (Fsp3) is 0.700. The maximum atomic E-state index is 11.6. The number of aromatic nitrogens is 1. The summed E-state index contributed by atoms with van der Waals surface area (Å²) in [5.74, 6) is 0.133. The Morgan fingerprint density at radius 1 is 1.53 bits per heavy atom. The van der Waals surface area contributed by atoms with Crippen LogP contribution in [-0.2, 0) is 16.6 Å². The van der Waals surface area contributed by atoms with E-state index in [2.05, 4.69) is 15.0 Å². The summed E-state index contributed by atoms with van der Waals surface area (Å²) >= 11 is 1.51. The van der Waals surface area contributed by atoms with Crippen LogP contribution in [0.5, 0.6) is 0 Å². The highest BCUT2D eigenvalue weighted by Crippen LogP contribution is 2.18.